The summed E-state index contributed by atoms with van der Waals surface area (Å²) in [6.45, 7) is 1.96. The highest BCUT2D eigenvalue weighted by atomic mass is 16.1. The van der Waals surface area contributed by atoms with Gasteiger partial charge in [-0.1, -0.05) is 31.2 Å². The largest absolute Gasteiger partial charge is 0.303 e. The van der Waals surface area contributed by atoms with Gasteiger partial charge < -0.3 is 4.79 Å². The number of hydrogen-bond acceptors (Lipinski definition) is 1. The number of aldehydes is 1. The molecule has 74 valence electrons. The molecule has 1 aromatic carbocycles. The fourth-order valence-electron chi connectivity index (χ4n) is 1.76. The van der Waals surface area contributed by atoms with E-state index in [1.165, 1.54) is 24.0 Å². The molecule has 1 atom stereocenters. The first-order valence-electron chi connectivity index (χ1n) is 5.33. The van der Waals surface area contributed by atoms with Crippen LogP contribution in [0.1, 0.15) is 36.8 Å². The van der Waals surface area contributed by atoms with E-state index >= 15 is 0 Å². The monoisotopic (exact) mass is 188 g/mol. The van der Waals surface area contributed by atoms with Crippen LogP contribution in [-0.4, -0.2) is 6.29 Å². The highest BCUT2D eigenvalue weighted by molar-refractivity contribution is 5.53. The molecule has 1 heteroatoms. The Morgan fingerprint density at radius 1 is 1.36 bits per heavy atom. The van der Waals surface area contributed by atoms with Crippen molar-refractivity contribution in [1.29, 1.82) is 0 Å². The van der Waals surface area contributed by atoms with Crippen molar-refractivity contribution in [3.8, 4) is 0 Å². The lowest BCUT2D eigenvalue weighted by molar-refractivity contribution is -0.110. The standard InChI is InChI=1S/C13H16O/c1-10(9-14)8-11-2-4-12(5-3-11)13-6-7-13/h2-5,9-10,13H,6-8H2,1H3/t10-/m0/s1. The van der Waals surface area contributed by atoms with Gasteiger partial charge in [-0.3, -0.25) is 0 Å². The second kappa shape index (κ2) is 3.95. The van der Waals surface area contributed by atoms with Gasteiger partial charge in [-0.25, -0.2) is 0 Å². The van der Waals surface area contributed by atoms with E-state index in [0.717, 1.165) is 18.6 Å². The molecule has 14 heavy (non-hydrogen) atoms. The Morgan fingerprint density at radius 3 is 2.50 bits per heavy atom. The molecule has 1 nitrogen and oxygen atoms in total. The minimum Gasteiger partial charge on any atom is -0.303 e. The molecule has 0 amide bonds. The highest BCUT2D eigenvalue weighted by Gasteiger charge is 2.22. The lowest BCUT2D eigenvalue weighted by atomic mass is 10.0. The quantitative estimate of drug-likeness (QED) is 0.664. The third-order valence-corrected chi connectivity index (χ3v) is 2.82. The first-order valence-corrected chi connectivity index (χ1v) is 5.33. The van der Waals surface area contributed by atoms with Gasteiger partial charge in [-0.05, 0) is 36.3 Å². The molecule has 0 saturated heterocycles. The van der Waals surface area contributed by atoms with Crippen LogP contribution in [0.5, 0.6) is 0 Å². The van der Waals surface area contributed by atoms with E-state index in [2.05, 4.69) is 24.3 Å². The van der Waals surface area contributed by atoms with Gasteiger partial charge in [0, 0.05) is 5.92 Å². The number of rotatable bonds is 4. The van der Waals surface area contributed by atoms with Crippen molar-refractivity contribution in [1.82, 2.24) is 0 Å². The Morgan fingerprint density at radius 2 is 2.00 bits per heavy atom. The molecule has 0 heterocycles. The van der Waals surface area contributed by atoms with E-state index in [-0.39, 0.29) is 5.92 Å². The van der Waals surface area contributed by atoms with E-state index in [1.54, 1.807) is 0 Å². The average molecular weight is 188 g/mol. The van der Waals surface area contributed by atoms with Crippen LogP contribution in [0, 0.1) is 5.92 Å². The number of carbonyl (C=O) groups is 1. The SMILES string of the molecule is C[C@H](C=O)Cc1ccc(C2CC2)cc1. The Kier molecular flexibility index (Phi) is 2.67. The van der Waals surface area contributed by atoms with Crippen molar-refractivity contribution in [2.24, 2.45) is 5.92 Å². The summed E-state index contributed by atoms with van der Waals surface area (Å²) in [7, 11) is 0. The molecule has 0 spiro atoms. The minimum absolute atomic E-state index is 0.141. The molecule has 1 saturated carbocycles. The first-order chi connectivity index (χ1) is 6.79. The lowest BCUT2D eigenvalue weighted by Crippen LogP contribution is -2.00. The van der Waals surface area contributed by atoms with Gasteiger partial charge in [0.25, 0.3) is 0 Å². The molecule has 1 aromatic rings. The second-order valence-corrected chi connectivity index (χ2v) is 4.33. The Hall–Kier alpha value is -1.11. The van der Waals surface area contributed by atoms with Gasteiger partial charge in [-0.15, -0.1) is 0 Å². The topological polar surface area (TPSA) is 17.1 Å². The molecule has 1 aliphatic carbocycles. The van der Waals surface area contributed by atoms with Crippen LogP contribution >= 0.6 is 0 Å². The molecule has 0 radical (unpaired) electrons. The molecule has 1 fully saturated rings. The van der Waals surface area contributed by atoms with Crippen molar-refractivity contribution in [2.75, 3.05) is 0 Å². The Labute approximate surface area is 85.1 Å². The maximum absolute atomic E-state index is 10.5. The van der Waals surface area contributed by atoms with Crippen LogP contribution in [-0.2, 0) is 11.2 Å². The Balaban J connectivity index is 2.01. The van der Waals surface area contributed by atoms with Gasteiger partial charge in [0.15, 0.2) is 0 Å². The van der Waals surface area contributed by atoms with Crippen LogP contribution in [0.15, 0.2) is 24.3 Å². The third kappa shape index (κ3) is 2.22. The van der Waals surface area contributed by atoms with Crippen LogP contribution in [0.25, 0.3) is 0 Å². The summed E-state index contributed by atoms with van der Waals surface area (Å²) >= 11 is 0. The fourth-order valence-corrected chi connectivity index (χ4v) is 1.76. The smallest absolute Gasteiger partial charge is 0.123 e. The van der Waals surface area contributed by atoms with Crippen LogP contribution in [0.4, 0.5) is 0 Å². The summed E-state index contributed by atoms with van der Waals surface area (Å²) in [5, 5.41) is 0. The van der Waals surface area contributed by atoms with Crippen molar-refractivity contribution < 1.29 is 4.79 Å². The summed E-state index contributed by atoms with van der Waals surface area (Å²) in [4.78, 5) is 10.5. The van der Waals surface area contributed by atoms with Crippen molar-refractivity contribution in [2.45, 2.75) is 32.1 Å². The maximum Gasteiger partial charge on any atom is 0.123 e. The molecule has 0 N–H and O–H groups in total. The average Bonchev–Trinajstić information content (AvgIpc) is 3.02. The Bertz CT molecular complexity index is 309. The predicted molar refractivity (Wildman–Crippen MR) is 57.3 cm³/mol. The number of benzene rings is 1. The summed E-state index contributed by atoms with van der Waals surface area (Å²) in [6, 6.07) is 8.75. The summed E-state index contributed by atoms with van der Waals surface area (Å²) in [6.07, 6.45) is 4.59. The van der Waals surface area contributed by atoms with Crippen LogP contribution in [0.3, 0.4) is 0 Å². The van der Waals surface area contributed by atoms with Crippen molar-refractivity contribution in [3.63, 3.8) is 0 Å². The van der Waals surface area contributed by atoms with E-state index < -0.39 is 0 Å². The van der Waals surface area contributed by atoms with Gasteiger partial charge in [0.2, 0.25) is 0 Å². The zero-order chi connectivity index (χ0) is 9.97. The van der Waals surface area contributed by atoms with E-state index in [1.807, 2.05) is 6.92 Å². The molecule has 0 unspecified atom stereocenters. The third-order valence-electron chi connectivity index (χ3n) is 2.82. The van der Waals surface area contributed by atoms with E-state index in [9.17, 15) is 4.79 Å². The summed E-state index contributed by atoms with van der Waals surface area (Å²) in [5.74, 6) is 0.967. The van der Waals surface area contributed by atoms with Crippen molar-refractivity contribution in [3.05, 3.63) is 35.4 Å². The lowest BCUT2D eigenvalue weighted by Gasteiger charge is -2.04. The minimum atomic E-state index is 0.141. The predicted octanol–water partition coefficient (Wildman–Crippen LogP) is 2.94. The normalized spacial score (nSPS) is 17.8. The number of carbonyl (C=O) groups excluding carboxylic acids is 1. The van der Waals surface area contributed by atoms with Gasteiger partial charge in [0.05, 0.1) is 0 Å². The van der Waals surface area contributed by atoms with Crippen LogP contribution in [0.2, 0.25) is 0 Å². The molecule has 0 bridgehead atoms. The molecule has 0 aliphatic heterocycles. The maximum atomic E-state index is 10.5. The highest BCUT2D eigenvalue weighted by Crippen LogP contribution is 2.39. The van der Waals surface area contributed by atoms with E-state index in [4.69, 9.17) is 0 Å². The molecular weight excluding hydrogens is 172 g/mol. The molecule has 2 rings (SSSR count). The number of hydrogen-bond donors (Lipinski definition) is 0. The fraction of sp³-hybridized carbons (Fsp3) is 0.462. The van der Waals surface area contributed by atoms with Crippen molar-refractivity contribution >= 4 is 6.29 Å². The van der Waals surface area contributed by atoms with Gasteiger partial charge >= 0.3 is 0 Å². The molecular formula is C13H16O. The molecule has 1 aliphatic rings. The summed E-state index contributed by atoms with van der Waals surface area (Å²) in [5.41, 5.74) is 2.74. The van der Waals surface area contributed by atoms with E-state index in [0.29, 0.717) is 0 Å². The second-order valence-electron chi connectivity index (χ2n) is 4.33. The summed E-state index contributed by atoms with van der Waals surface area (Å²) < 4.78 is 0. The van der Waals surface area contributed by atoms with Gasteiger partial charge in [0.1, 0.15) is 6.29 Å². The first kappa shape index (κ1) is 9.45. The van der Waals surface area contributed by atoms with Gasteiger partial charge in [-0.2, -0.15) is 0 Å². The zero-order valence-corrected chi connectivity index (χ0v) is 8.57. The zero-order valence-electron chi connectivity index (χ0n) is 8.57. The van der Waals surface area contributed by atoms with Crippen LogP contribution < -0.4 is 0 Å². The molecule has 0 aromatic heterocycles.